The highest BCUT2D eigenvalue weighted by Crippen LogP contribution is 2.29. The molecule has 0 aliphatic heterocycles. The highest BCUT2D eigenvalue weighted by molar-refractivity contribution is 5.73. The van der Waals surface area contributed by atoms with Gasteiger partial charge >= 0.3 is 5.97 Å². The number of nitrogens with zero attached hydrogens (tertiary/aromatic N) is 1. The molecule has 0 heterocycles. The van der Waals surface area contributed by atoms with Crippen LogP contribution in [0.25, 0.3) is 0 Å². The predicted octanol–water partition coefficient (Wildman–Crippen LogP) is 3.48. The van der Waals surface area contributed by atoms with Crippen molar-refractivity contribution in [2.24, 2.45) is 5.41 Å². The maximum atomic E-state index is 11.0. The van der Waals surface area contributed by atoms with E-state index in [2.05, 4.69) is 0 Å². The second kappa shape index (κ2) is 6.56. The van der Waals surface area contributed by atoms with Crippen molar-refractivity contribution in [1.29, 1.82) is 0 Å². The molecule has 6 heteroatoms. The molecule has 0 unspecified atom stereocenters. The van der Waals surface area contributed by atoms with E-state index < -0.39 is 16.3 Å². The summed E-state index contributed by atoms with van der Waals surface area (Å²) in [5.74, 6) is -0.370. The van der Waals surface area contributed by atoms with Crippen LogP contribution in [0.2, 0.25) is 0 Å². The molecule has 6 nitrogen and oxygen atoms in total. The van der Waals surface area contributed by atoms with E-state index in [1.165, 1.54) is 6.07 Å². The lowest BCUT2D eigenvalue weighted by Gasteiger charge is -2.19. The van der Waals surface area contributed by atoms with Crippen molar-refractivity contribution >= 4 is 11.7 Å². The molecule has 0 bridgehead atoms. The lowest BCUT2D eigenvalue weighted by Crippen LogP contribution is -2.24. The SMILES string of the molecule is Cc1cc(C)c([N+](=O)[O-])cc1OCCCC(C)(C)C(=O)O. The lowest BCUT2D eigenvalue weighted by molar-refractivity contribution is -0.385. The van der Waals surface area contributed by atoms with Crippen molar-refractivity contribution in [3.8, 4) is 5.75 Å². The number of carbonyl (C=O) groups is 1. The third-order valence-electron chi connectivity index (χ3n) is 3.47. The van der Waals surface area contributed by atoms with Gasteiger partial charge in [0, 0.05) is 5.56 Å². The van der Waals surface area contributed by atoms with Gasteiger partial charge in [0.05, 0.1) is 23.0 Å². The number of nitro benzene ring substituents is 1. The number of carboxylic acids is 1. The van der Waals surface area contributed by atoms with Crippen LogP contribution >= 0.6 is 0 Å². The Balaban J connectivity index is 2.66. The summed E-state index contributed by atoms with van der Waals surface area (Å²) in [6, 6.07) is 3.14. The number of ether oxygens (including phenoxy) is 1. The lowest BCUT2D eigenvalue weighted by atomic mass is 9.88. The van der Waals surface area contributed by atoms with Crippen molar-refractivity contribution < 1.29 is 19.6 Å². The number of aliphatic carboxylic acids is 1. The van der Waals surface area contributed by atoms with Crippen molar-refractivity contribution in [3.63, 3.8) is 0 Å². The van der Waals surface area contributed by atoms with Gasteiger partial charge in [0.1, 0.15) is 5.75 Å². The summed E-state index contributed by atoms with van der Waals surface area (Å²) in [5.41, 5.74) is 0.659. The Bertz CT molecular complexity index is 551. The molecule has 116 valence electrons. The Kier molecular flexibility index (Phi) is 5.29. The fourth-order valence-corrected chi connectivity index (χ4v) is 1.98. The van der Waals surface area contributed by atoms with E-state index in [0.717, 1.165) is 5.56 Å². The standard InChI is InChI=1S/C15H21NO5/c1-10-8-11(2)13(9-12(10)16(19)20)21-7-5-6-15(3,4)14(17)18/h8-9H,5-7H2,1-4H3,(H,17,18). The summed E-state index contributed by atoms with van der Waals surface area (Å²) in [6.45, 7) is 7.17. The van der Waals surface area contributed by atoms with Gasteiger partial charge < -0.3 is 9.84 Å². The predicted molar refractivity (Wildman–Crippen MR) is 78.7 cm³/mol. The number of carboxylic acid groups (broad SMARTS) is 1. The number of benzene rings is 1. The van der Waals surface area contributed by atoms with E-state index in [1.807, 2.05) is 6.92 Å². The van der Waals surface area contributed by atoms with Gasteiger partial charge in [-0.25, -0.2) is 0 Å². The molecule has 0 spiro atoms. The summed E-state index contributed by atoms with van der Waals surface area (Å²) >= 11 is 0. The van der Waals surface area contributed by atoms with Gasteiger partial charge in [0.2, 0.25) is 0 Å². The Labute approximate surface area is 123 Å². The van der Waals surface area contributed by atoms with Crippen LogP contribution in [0, 0.1) is 29.4 Å². The van der Waals surface area contributed by atoms with Gasteiger partial charge in [-0.3, -0.25) is 14.9 Å². The van der Waals surface area contributed by atoms with Crippen molar-refractivity contribution in [3.05, 3.63) is 33.4 Å². The topological polar surface area (TPSA) is 89.7 Å². The van der Waals surface area contributed by atoms with Crippen LogP contribution < -0.4 is 4.74 Å². The average molecular weight is 295 g/mol. The van der Waals surface area contributed by atoms with Crippen LogP contribution in [0.1, 0.15) is 37.8 Å². The number of nitro groups is 1. The number of aryl methyl sites for hydroxylation is 2. The van der Waals surface area contributed by atoms with E-state index in [4.69, 9.17) is 9.84 Å². The quantitative estimate of drug-likeness (QED) is 0.472. The van der Waals surface area contributed by atoms with Gasteiger partial charge in [-0.05, 0) is 52.2 Å². The molecule has 0 saturated carbocycles. The molecule has 0 atom stereocenters. The van der Waals surface area contributed by atoms with Gasteiger partial charge in [-0.2, -0.15) is 0 Å². The van der Waals surface area contributed by atoms with Crippen LogP contribution in [0.3, 0.4) is 0 Å². The first-order chi connectivity index (χ1) is 9.65. The van der Waals surface area contributed by atoms with Crippen molar-refractivity contribution in [2.75, 3.05) is 6.61 Å². The Morgan fingerprint density at radius 1 is 1.33 bits per heavy atom. The zero-order chi connectivity index (χ0) is 16.2. The second-order valence-electron chi connectivity index (χ2n) is 5.80. The number of hydrogen-bond acceptors (Lipinski definition) is 4. The first kappa shape index (κ1) is 16.9. The summed E-state index contributed by atoms with van der Waals surface area (Å²) in [7, 11) is 0. The molecule has 1 aromatic carbocycles. The summed E-state index contributed by atoms with van der Waals surface area (Å²) in [5, 5.41) is 19.9. The molecule has 1 rings (SSSR count). The van der Waals surface area contributed by atoms with E-state index in [9.17, 15) is 14.9 Å². The minimum Gasteiger partial charge on any atom is -0.493 e. The normalized spacial score (nSPS) is 11.2. The zero-order valence-electron chi connectivity index (χ0n) is 12.8. The molecule has 0 aromatic heterocycles. The van der Waals surface area contributed by atoms with Gasteiger partial charge in [0.15, 0.2) is 0 Å². The van der Waals surface area contributed by atoms with Crippen molar-refractivity contribution in [1.82, 2.24) is 0 Å². The molecule has 0 amide bonds. The second-order valence-corrected chi connectivity index (χ2v) is 5.80. The molecule has 1 aromatic rings. The fourth-order valence-electron chi connectivity index (χ4n) is 1.98. The molecule has 21 heavy (non-hydrogen) atoms. The fraction of sp³-hybridized carbons (Fsp3) is 0.533. The minimum absolute atomic E-state index is 0.0291. The number of rotatable bonds is 7. The van der Waals surface area contributed by atoms with E-state index in [1.54, 1.807) is 26.8 Å². The molecule has 0 aliphatic rings. The first-order valence-electron chi connectivity index (χ1n) is 6.77. The van der Waals surface area contributed by atoms with E-state index in [-0.39, 0.29) is 5.69 Å². The summed E-state index contributed by atoms with van der Waals surface area (Å²) < 4.78 is 5.56. The summed E-state index contributed by atoms with van der Waals surface area (Å²) in [6.07, 6.45) is 1.05. The number of hydrogen-bond donors (Lipinski definition) is 1. The highest BCUT2D eigenvalue weighted by atomic mass is 16.6. The Morgan fingerprint density at radius 3 is 2.48 bits per heavy atom. The summed E-state index contributed by atoms with van der Waals surface area (Å²) in [4.78, 5) is 21.5. The Hall–Kier alpha value is -2.11. The third-order valence-corrected chi connectivity index (χ3v) is 3.47. The Morgan fingerprint density at radius 2 is 1.95 bits per heavy atom. The maximum Gasteiger partial charge on any atom is 0.309 e. The zero-order valence-corrected chi connectivity index (χ0v) is 12.8. The van der Waals surface area contributed by atoms with Gasteiger partial charge in [-0.15, -0.1) is 0 Å². The molecule has 0 aliphatic carbocycles. The van der Waals surface area contributed by atoms with Crippen molar-refractivity contribution in [2.45, 2.75) is 40.5 Å². The molecule has 0 fully saturated rings. The molecular weight excluding hydrogens is 274 g/mol. The average Bonchev–Trinajstić information content (AvgIpc) is 2.35. The molecular formula is C15H21NO5. The van der Waals surface area contributed by atoms with Crippen LogP contribution in [-0.2, 0) is 4.79 Å². The molecule has 0 radical (unpaired) electrons. The van der Waals surface area contributed by atoms with Gasteiger partial charge in [0.25, 0.3) is 5.69 Å². The maximum absolute atomic E-state index is 11.0. The van der Waals surface area contributed by atoms with Crippen LogP contribution in [-0.4, -0.2) is 22.6 Å². The van der Waals surface area contributed by atoms with Crippen LogP contribution in [0.5, 0.6) is 5.75 Å². The smallest absolute Gasteiger partial charge is 0.309 e. The van der Waals surface area contributed by atoms with E-state index in [0.29, 0.717) is 30.8 Å². The molecule has 1 N–H and O–H groups in total. The largest absolute Gasteiger partial charge is 0.493 e. The highest BCUT2D eigenvalue weighted by Gasteiger charge is 2.26. The third kappa shape index (κ3) is 4.44. The molecule has 0 saturated heterocycles. The van der Waals surface area contributed by atoms with Crippen LogP contribution in [0.15, 0.2) is 12.1 Å². The minimum atomic E-state index is -0.843. The first-order valence-corrected chi connectivity index (χ1v) is 6.77. The monoisotopic (exact) mass is 295 g/mol. The van der Waals surface area contributed by atoms with Crippen LogP contribution in [0.4, 0.5) is 5.69 Å². The van der Waals surface area contributed by atoms with E-state index >= 15 is 0 Å². The van der Waals surface area contributed by atoms with Gasteiger partial charge in [-0.1, -0.05) is 0 Å².